The molecule has 0 aliphatic heterocycles. The largest absolute Gasteiger partial charge is 0.335 e. The molecule has 0 saturated carbocycles. The zero-order valence-corrected chi connectivity index (χ0v) is 7.54. The average molecular weight is 181 g/mol. The fourth-order valence-corrected chi connectivity index (χ4v) is 1.61. The van der Waals surface area contributed by atoms with Crippen LogP contribution in [0.15, 0.2) is 24.5 Å². The van der Waals surface area contributed by atoms with Gasteiger partial charge in [0.2, 0.25) is 0 Å². The average Bonchev–Trinajstić information content (AvgIpc) is 2.44. The third-order valence-corrected chi connectivity index (χ3v) is 2.25. The van der Waals surface area contributed by atoms with Gasteiger partial charge in [0.15, 0.2) is 0 Å². The topological polar surface area (TPSA) is 17.8 Å². The quantitative estimate of drug-likeness (QED) is 0.616. The molecule has 12 heavy (non-hydrogen) atoms. The Morgan fingerprint density at radius 3 is 3.17 bits per heavy atom. The van der Waals surface area contributed by atoms with Gasteiger partial charge in [0.1, 0.15) is 5.65 Å². The number of halogens is 1. The summed E-state index contributed by atoms with van der Waals surface area (Å²) in [6, 6.07) is 3.97. The lowest BCUT2D eigenvalue weighted by Crippen LogP contribution is -1.85. The highest BCUT2D eigenvalue weighted by Gasteiger charge is 2.04. The Labute approximate surface area is 75.8 Å². The van der Waals surface area contributed by atoms with Crippen LogP contribution < -0.4 is 0 Å². The van der Waals surface area contributed by atoms with Crippen LogP contribution in [0.2, 0.25) is 0 Å². The zero-order chi connectivity index (χ0) is 8.55. The van der Waals surface area contributed by atoms with Crippen molar-refractivity contribution < 1.29 is 0 Å². The lowest BCUT2D eigenvalue weighted by molar-refractivity contribution is 0.943. The number of aromatic nitrogens is 2. The Morgan fingerprint density at radius 2 is 2.42 bits per heavy atom. The Kier molecular flexibility index (Phi) is 1.77. The normalized spacial score (nSPS) is 10.8. The van der Waals surface area contributed by atoms with Crippen LogP contribution in [-0.4, -0.2) is 9.55 Å². The second-order valence-corrected chi connectivity index (χ2v) is 3.04. The van der Waals surface area contributed by atoms with E-state index in [4.69, 9.17) is 11.6 Å². The maximum atomic E-state index is 5.78. The first kappa shape index (κ1) is 7.62. The second-order valence-electron chi connectivity index (χ2n) is 2.77. The fourth-order valence-electron chi connectivity index (χ4n) is 1.40. The van der Waals surface area contributed by atoms with Gasteiger partial charge in [0.05, 0.1) is 0 Å². The summed E-state index contributed by atoms with van der Waals surface area (Å²) in [5.74, 6) is 0.545. The number of alkyl halides is 1. The Balaban J connectivity index is 2.82. The molecule has 0 unspecified atom stereocenters. The van der Waals surface area contributed by atoms with E-state index in [1.165, 1.54) is 0 Å². The monoisotopic (exact) mass is 180 g/mol. The van der Waals surface area contributed by atoms with E-state index in [0.717, 1.165) is 16.6 Å². The molecule has 0 radical (unpaired) electrons. The summed E-state index contributed by atoms with van der Waals surface area (Å²) < 4.78 is 1.99. The molecule has 0 aliphatic carbocycles. The molecule has 0 aliphatic rings. The van der Waals surface area contributed by atoms with Gasteiger partial charge in [-0.15, -0.1) is 11.6 Å². The number of hydrogen-bond acceptors (Lipinski definition) is 1. The molecule has 62 valence electrons. The van der Waals surface area contributed by atoms with Gasteiger partial charge in [-0.25, -0.2) is 4.98 Å². The van der Waals surface area contributed by atoms with Crippen molar-refractivity contribution >= 4 is 22.6 Å². The van der Waals surface area contributed by atoms with Crippen LogP contribution in [0.5, 0.6) is 0 Å². The Hall–Kier alpha value is -1.02. The summed E-state index contributed by atoms with van der Waals surface area (Å²) >= 11 is 5.78. The van der Waals surface area contributed by atoms with E-state index in [-0.39, 0.29) is 0 Å². The predicted octanol–water partition coefficient (Wildman–Crippen LogP) is 2.31. The molecule has 0 N–H and O–H groups in total. The maximum Gasteiger partial charge on any atom is 0.139 e. The lowest BCUT2D eigenvalue weighted by Gasteiger charge is -1.91. The van der Waals surface area contributed by atoms with E-state index < -0.39 is 0 Å². The summed E-state index contributed by atoms with van der Waals surface area (Å²) in [5.41, 5.74) is 2.13. The fraction of sp³-hybridized carbons (Fsp3) is 0.222. The summed E-state index contributed by atoms with van der Waals surface area (Å²) in [7, 11) is 1.98. The summed E-state index contributed by atoms with van der Waals surface area (Å²) in [6.45, 7) is 0. The SMILES string of the molecule is Cn1cc(CCl)c2cccnc21. The standard InChI is InChI=1S/C9H9ClN2/c1-12-6-7(5-10)8-3-2-4-11-9(8)12/h2-4,6H,5H2,1H3. The van der Waals surface area contributed by atoms with Crippen molar-refractivity contribution in [3.63, 3.8) is 0 Å². The van der Waals surface area contributed by atoms with Gasteiger partial charge in [0, 0.05) is 30.7 Å². The first-order valence-corrected chi connectivity index (χ1v) is 4.31. The molecule has 0 fully saturated rings. The molecule has 0 aromatic carbocycles. The van der Waals surface area contributed by atoms with Crippen LogP contribution in [0, 0.1) is 0 Å². The zero-order valence-electron chi connectivity index (χ0n) is 6.79. The van der Waals surface area contributed by atoms with Crippen molar-refractivity contribution in [1.29, 1.82) is 0 Å². The van der Waals surface area contributed by atoms with Gasteiger partial charge >= 0.3 is 0 Å². The van der Waals surface area contributed by atoms with E-state index >= 15 is 0 Å². The number of nitrogens with zero attached hydrogens (tertiary/aromatic N) is 2. The van der Waals surface area contributed by atoms with Gasteiger partial charge in [0.25, 0.3) is 0 Å². The summed E-state index contributed by atoms with van der Waals surface area (Å²) in [4.78, 5) is 4.25. The molecule has 0 amide bonds. The van der Waals surface area contributed by atoms with Crippen LogP contribution in [0.25, 0.3) is 11.0 Å². The van der Waals surface area contributed by atoms with E-state index in [9.17, 15) is 0 Å². The molecule has 0 saturated heterocycles. The maximum absolute atomic E-state index is 5.78. The van der Waals surface area contributed by atoms with Crippen LogP contribution in [0.4, 0.5) is 0 Å². The highest BCUT2D eigenvalue weighted by molar-refractivity contribution is 6.18. The number of fused-ring (bicyclic) bond motifs is 1. The smallest absolute Gasteiger partial charge is 0.139 e. The third-order valence-electron chi connectivity index (χ3n) is 1.96. The molecule has 3 heteroatoms. The number of hydrogen-bond donors (Lipinski definition) is 0. The van der Waals surface area contributed by atoms with Crippen molar-refractivity contribution in [2.24, 2.45) is 7.05 Å². The second kappa shape index (κ2) is 2.79. The van der Waals surface area contributed by atoms with E-state index in [1.54, 1.807) is 6.20 Å². The number of pyridine rings is 1. The van der Waals surface area contributed by atoms with Gasteiger partial charge in [-0.3, -0.25) is 0 Å². The molecule has 2 heterocycles. The first-order valence-electron chi connectivity index (χ1n) is 3.78. The van der Waals surface area contributed by atoms with E-state index in [1.807, 2.05) is 29.9 Å². The van der Waals surface area contributed by atoms with Gasteiger partial charge in [-0.1, -0.05) is 0 Å². The molecule has 2 nitrogen and oxygen atoms in total. The third kappa shape index (κ3) is 0.994. The number of aryl methyl sites for hydroxylation is 1. The van der Waals surface area contributed by atoms with E-state index in [2.05, 4.69) is 4.98 Å². The molecule has 2 rings (SSSR count). The van der Waals surface area contributed by atoms with Gasteiger partial charge in [-0.2, -0.15) is 0 Å². The minimum absolute atomic E-state index is 0.545. The summed E-state index contributed by atoms with van der Waals surface area (Å²) in [6.07, 6.45) is 3.81. The van der Waals surface area contributed by atoms with Gasteiger partial charge in [-0.05, 0) is 17.7 Å². The first-order chi connectivity index (χ1) is 5.83. The van der Waals surface area contributed by atoms with Crippen LogP contribution >= 0.6 is 11.6 Å². The van der Waals surface area contributed by atoms with Crippen molar-refractivity contribution in [2.45, 2.75) is 5.88 Å². The molecule has 0 atom stereocenters. The minimum Gasteiger partial charge on any atom is -0.335 e. The van der Waals surface area contributed by atoms with Crippen molar-refractivity contribution in [3.05, 3.63) is 30.1 Å². The van der Waals surface area contributed by atoms with Gasteiger partial charge < -0.3 is 4.57 Å². The van der Waals surface area contributed by atoms with Crippen molar-refractivity contribution in [3.8, 4) is 0 Å². The van der Waals surface area contributed by atoms with E-state index in [0.29, 0.717) is 5.88 Å². The molecule has 2 aromatic rings. The molecular weight excluding hydrogens is 172 g/mol. The highest BCUT2D eigenvalue weighted by Crippen LogP contribution is 2.19. The molecule has 0 bridgehead atoms. The predicted molar refractivity (Wildman–Crippen MR) is 50.3 cm³/mol. The van der Waals surface area contributed by atoms with Crippen molar-refractivity contribution in [1.82, 2.24) is 9.55 Å². The number of rotatable bonds is 1. The molecule has 2 aromatic heterocycles. The molecule has 0 spiro atoms. The van der Waals surface area contributed by atoms with Crippen LogP contribution in [0.1, 0.15) is 5.56 Å². The van der Waals surface area contributed by atoms with Crippen molar-refractivity contribution in [2.75, 3.05) is 0 Å². The summed E-state index contributed by atoms with van der Waals surface area (Å²) in [5, 5.41) is 1.15. The minimum atomic E-state index is 0.545. The van der Waals surface area contributed by atoms with Crippen LogP contribution in [-0.2, 0) is 12.9 Å². The van der Waals surface area contributed by atoms with Crippen LogP contribution in [0.3, 0.4) is 0 Å². The highest BCUT2D eigenvalue weighted by atomic mass is 35.5. The lowest BCUT2D eigenvalue weighted by atomic mass is 10.2. The Bertz CT molecular complexity index is 406. The Morgan fingerprint density at radius 1 is 1.58 bits per heavy atom. The molecular formula is C9H9ClN2.